The fourth-order valence-electron chi connectivity index (χ4n) is 4.74. The number of benzene rings is 2. The SMILES string of the molecule is CCC(=O)N1CCc2cc(Br)cc(S(=O)(=O)N3CCCC(C(=O)NCCc4ccccc4)C3)c21. The van der Waals surface area contributed by atoms with Gasteiger partial charge in [-0.05, 0) is 48.9 Å². The molecule has 1 unspecified atom stereocenters. The number of sulfonamides is 1. The van der Waals surface area contributed by atoms with Gasteiger partial charge in [-0.3, -0.25) is 9.59 Å². The van der Waals surface area contributed by atoms with Crippen molar-refractivity contribution in [3.8, 4) is 0 Å². The summed E-state index contributed by atoms with van der Waals surface area (Å²) in [6.07, 6.45) is 2.93. The lowest BCUT2D eigenvalue weighted by Gasteiger charge is -2.32. The van der Waals surface area contributed by atoms with Gasteiger partial charge in [0.25, 0.3) is 0 Å². The van der Waals surface area contributed by atoms with Crippen LogP contribution < -0.4 is 10.2 Å². The summed E-state index contributed by atoms with van der Waals surface area (Å²) in [4.78, 5) is 27.1. The van der Waals surface area contributed by atoms with E-state index in [-0.39, 0.29) is 23.3 Å². The molecule has 1 atom stereocenters. The molecule has 1 saturated heterocycles. The van der Waals surface area contributed by atoms with Crippen LogP contribution in [0, 0.1) is 5.92 Å². The lowest BCUT2D eigenvalue weighted by Crippen LogP contribution is -2.46. The van der Waals surface area contributed by atoms with Gasteiger partial charge in [0.2, 0.25) is 21.8 Å². The number of rotatable bonds is 7. The molecule has 34 heavy (non-hydrogen) atoms. The van der Waals surface area contributed by atoms with Crippen LogP contribution >= 0.6 is 15.9 Å². The second kappa shape index (κ2) is 10.6. The highest BCUT2D eigenvalue weighted by atomic mass is 79.9. The van der Waals surface area contributed by atoms with Gasteiger partial charge in [-0.1, -0.05) is 53.2 Å². The van der Waals surface area contributed by atoms with Crippen LogP contribution in [0.1, 0.15) is 37.3 Å². The Labute approximate surface area is 209 Å². The van der Waals surface area contributed by atoms with E-state index in [1.807, 2.05) is 36.4 Å². The Morgan fingerprint density at radius 2 is 1.91 bits per heavy atom. The van der Waals surface area contributed by atoms with Crippen molar-refractivity contribution in [2.24, 2.45) is 5.92 Å². The molecule has 7 nitrogen and oxygen atoms in total. The van der Waals surface area contributed by atoms with E-state index in [1.54, 1.807) is 17.9 Å². The van der Waals surface area contributed by atoms with Gasteiger partial charge in [0.05, 0.1) is 11.6 Å². The maximum absolute atomic E-state index is 13.8. The zero-order chi connectivity index (χ0) is 24.3. The maximum Gasteiger partial charge on any atom is 0.245 e. The van der Waals surface area contributed by atoms with Gasteiger partial charge in [0.1, 0.15) is 4.90 Å². The number of hydrogen-bond acceptors (Lipinski definition) is 4. The molecule has 2 aliphatic rings. The van der Waals surface area contributed by atoms with Gasteiger partial charge >= 0.3 is 0 Å². The van der Waals surface area contributed by atoms with Gasteiger partial charge in [0.15, 0.2) is 0 Å². The number of nitrogens with one attached hydrogen (secondary N) is 1. The summed E-state index contributed by atoms with van der Waals surface area (Å²) in [6.45, 7) is 3.27. The number of carbonyl (C=O) groups is 2. The Balaban J connectivity index is 1.50. The third-order valence-corrected chi connectivity index (χ3v) is 8.86. The summed E-state index contributed by atoms with van der Waals surface area (Å²) in [7, 11) is -3.88. The molecule has 0 saturated carbocycles. The summed E-state index contributed by atoms with van der Waals surface area (Å²) in [5.41, 5.74) is 2.48. The average Bonchev–Trinajstić information content (AvgIpc) is 3.27. The van der Waals surface area contributed by atoms with E-state index in [0.29, 0.717) is 55.5 Å². The van der Waals surface area contributed by atoms with Crippen LogP contribution in [0.3, 0.4) is 0 Å². The van der Waals surface area contributed by atoms with Crippen LogP contribution in [0.4, 0.5) is 5.69 Å². The maximum atomic E-state index is 13.8. The molecule has 1 N–H and O–H groups in total. The highest BCUT2D eigenvalue weighted by Gasteiger charge is 2.38. The minimum absolute atomic E-state index is 0.0909. The van der Waals surface area contributed by atoms with Gasteiger partial charge in [-0.25, -0.2) is 8.42 Å². The van der Waals surface area contributed by atoms with Crippen molar-refractivity contribution < 1.29 is 18.0 Å². The Bertz CT molecular complexity index is 1170. The fraction of sp³-hybridized carbons (Fsp3) is 0.440. The highest BCUT2D eigenvalue weighted by Crippen LogP contribution is 2.39. The molecule has 2 aliphatic heterocycles. The first-order chi connectivity index (χ1) is 16.3. The normalized spacial score (nSPS) is 18.5. The summed E-state index contributed by atoms with van der Waals surface area (Å²) in [6, 6.07) is 13.4. The molecule has 182 valence electrons. The zero-order valence-electron chi connectivity index (χ0n) is 19.3. The largest absolute Gasteiger partial charge is 0.355 e. The summed E-state index contributed by atoms with van der Waals surface area (Å²) in [5, 5.41) is 2.97. The first kappa shape index (κ1) is 24.9. The molecule has 4 rings (SSSR count). The molecule has 2 amide bonds. The molecule has 0 aromatic heterocycles. The first-order valence-electron chi connectivity index (χ1n) is 11.8. The Morgan fingerprint density at radius 3 is 2.65 bits per heavy atom. The van der Waals surface area contributed by atoms with Crippen molar-refractivity contribution in [2.45, 2.75) is 43.9 Å². The van der Waals surface area contributed by atoms with E-state index in [0.717, 1.165) is 17.5 Å². The number of halogens is 1. The molecule has 9 heteroatoms. The monoisotopic (exact) mass is 547 g/mol. The van der Waals surface area contributed by atoms with Crippen LogP contribution in [-0.2, 0) is 32.5 Å². The minimum atomic E-state index is -3.88. The molecule has 1 fully saturated rings. The van der Waals surface area contributed by atoms with Crippen LogP contribution in [0.2, 0.25) is 0 Å². The van der Waals surface area contributed by atoms with Crippen LogP contribution in [0.15, 0.2) is 51.8 Å². The molecule has 0 aliphatic carbocycles. The van der Waals surface area contributed by atoms with Crippen LogP contribution in [-0.4, -0.2) is 50.7 Å². The van der Waals surface area contributed by atoms with Gasteiger partial charge in [-0.2, -0.15) is 4.31 Å². The van der Waals surface area contributed by atoms with E-state index in [2.05, 4.69) is 21.2 Å². The van der Waals surface area contributed by atoms with E-state index in [9.17, 15) is 18.0 Å². The zero-order valence-corrected chi connectivity index (χ0v) is 21.7. The number of carbonyl (C=O) groups excluding carboxylic acids is 2. The predicted octanol–water partition coefficient (Wildman–Crippen LogP) is 3.51. The topological polar surface area (TPSA) is 86.8 Å². The standard InChI is InChI=1S/C25H30BrN3O4S/c1-2-23(30)29-14-11-19-15-21(26)16-22(24(19)29)34(32,33)28-13-6-9-20(17-28)25(31)27-12-10-18-7-4-3-5-8-18/h3-5,7-8,15-16,20H,2,6,9-14,17H2,1H3,(H,27,31). The lowest BCUT2D eigenvalue weighted by molar-refractivity contribution is -0.126. The summed E-state index contributed by atoms with van der Waals surface area (Å²) >= 11 is 3.44. The van der Waals surface area contributed by atoms with Crippen LogP contribution in [0.5, 0.6) is 0 Å². The van der Waals surface area contributed by atoms with E-state index >= 15 is 0 Å². The van der Waals surface area contributed by atoms with Crippen molar-refractivity contribution in [1.82, 2.24) is 9.62 Å². The van der Waals surface area contributed by atoms with Crippen molar-refractivity contribution in [3.63, 3.8) is 0 Å². The Kier molecular flexibility index (Phi) is 7.74. The summed E-state index contributed by atoms with van der Waals surface area (Å²) in [5.74, 6) is -0.599. The second-order valence-electron chi connectivity index (χ2n) is 8.79. The van der Waals surface area contributed by atoms with E-state index < -0.39 is 15.9 Å². The number of piperidine rings is 1. The van der Waals surface area contributed by atoms with Crippen molar-refractivity contribution >= 4 is 43.5 Å². The van der Waals surface area contributed by atoms with Crippen LogP contribution in [0.25, 0.3) is 0 Å². The third-order valence-electron chi connectivity index (χ3n) is 6.53. The number of fused-ring (bicyclic) bond motifs is 1. The molecule has 0 bridgehead atoms. The van der Waals surface area contributed by atoms with Crippen molar-refractivity contribution in [3.05, 3.63) is 58.1 Å². The molecule has 2 aromatic carbocycles. The van der Waals surface area contributed by atoms with E-state index in [1.165, 1.54) is 4.31 Å². The van der Waals surface area contributed by atoms with Gasteiger partial charge < -0.3 is 10.2 Å². The Morgan fingerprint density at radius 1 is 1.15 bits per heavy atom. The van der Waals surface area contributed by atoms with Crippen molar-refractivity contribution in [2.75, 3.05) is 31.1 Å². The highest BCUT2D eigenvalue weighted by molar-refractivity contribution is 9.10. The van der Waals surface area contributed by atoms with Gasteiger partial charge in [0, 0.05) is 37.1 Å². The number of hydrogen-bond donors (Lipinski definition) is 1. The Hall–Kier alpha value is -2.23. The molecular weight excluding hydrogens is 518 g/mol. The predicted molar refractivity (Wildman–Crippen MR) is 135 cm³/mol. The fourth-order valence-corrected chi connectivity index (χ4v) is 7.18. The number of anilines is 1. The second-order valence-corrected chi connectivity index (χ2v) is 11.6. The van der Waals surface area contributed by atoms with Crippen molar-refractivity contribution in [1.29, 1.82) is 0 Å². The average molecular weight is 549 g/mol. The molecule has 0 spiro atoms. The lowest BCUT2D eigenvalue weighted by atomic mass is 9.99. The number of amides is 2. The van der Waals surface area contributed by atoms with E-state index in [4.69, 9.17) is 0 Å². The quantitative estimate of drug-likeness (QED) is 0.574. The molecule has 2 heterocycles. The molecule has 0 radical (unpaired) electrons. The minimum Gasteiger partial charge on any atom is -0.355 e. The summed E-state index contributed by atoms with van der Waals surface area (Å²) < 4.78 is 29.6. The molecule has 2 aromatic rings. The molecular formula is C25H30BrN3O4S. The first-order valence-corrected chi connectivity index (χ1v) is 14.0. The number of nitrogens with zero attached hydrogens (tertiary/aromatic N) is 2. The smallest absolute Gasteiger partial charge is 0.245 e. The van der Waals surface area contributed by atoms with Gasteiger partial charge in [-0.15, -0.1) is 0 Å². The third kappa shape index (κ3) is 5.21.